The molecule has 0 atom stereocenters. The Hall–Kier alpha value is -0.514. The summed E-state index contributed by atoms with van der Waals surface area (Å²) in [6.45, 7) is 4.63. The van der Waals surface area contributed by atoms with Crippen LogP contribution in [0.15, 0.2) is 60.7 Å². The molecule has 0 bridgehead atoms. The molecule has 3 heteroatoms. The van der Waals surface area contributed by atoms with Crippen LogP contribution in [0.25, 0.3) is 0 Å². The molecule has 0 aliphatic carbocycles. The molecule has 0 N–H and O–H groups in total. The zero-order valence-corrected chi connectivity index (χ0v) is 19.7. The Morgan fingerprint density at radius 1 is 0.833 bits per heavy atom. The first-order valence-corrected chi connectivity index (χ1v) is 24.4. The third kappa shape index (κ3) is 2.93. The van der Waals surface area contributed by atoms with Crippen LogP contribution < -0.4 is 8.79 Å². The van der Waals surface area contributed by atoms with Gasteiger partial charge in [-0.25, -0.2) is 0 Å². The van der Waals surface area contributed by atoms with Crippen molar-refractivity contribution in [1.82, 2.24) is 0 Å². The normalized spacial score (nSPS) is 21.3. The van der Waals surface area contributed by atoms with E-state index in [1.54, 1.807) is 8.79 Å². The molecular weight excluding hydrogens is 413 g/mol. The number of hydrogen-bond acceptors (Lipinski definition) is 1. The quantitative estimate of drug-likeness (QED) is 0.632. The molecule has 2 aromatic rings. The summed E-state index contributed by atoms with van der Waals surface area (Å²) in [5, 5.41) is 1.44. The molecule has 0 spiro atoms. The van der Waals surface area contributed by atoms with Crippen LogP contribution >= 0.6 is 0 Å². The van der Waals surface area contributed by atoms with Crippen molar-refractivity contribution in [2.24, 2.45) is 0 Å². The molecule has 1 fully saturated rings. The number of hydrogen-bond donors (Lipinski definition) is 0. The molecule has 0 aromatic heterocycles. The average Bonchev–Trinajstić information content (AvgIpc) is 2.64. The first kappa shape index (κ1) is 18.3. The Morgan fingerprint density at radius 3 is 1.71 bits per heavy atom. The van der Waals surface area contributed by atoms with Crippen molar-refractivity contribution in [3.63, 3.8) is 0 Å². The van der Waals surface area contributed by atoms with Gasteiger partial charge in [0.25, 0.3) is 0 Å². The average molecular weight is 444 g/mol. The third-order valence-electron chi connectivity index (χ3n) is 6.18. The van der Waals surface area contributed by atoms with Gasteiger partial charge in [-0.2, -0.15) is 0 Å². The fourth-order valence-corrected chi connectivity index (χ4v) is 48.7. The van der Waals surface area contributed by atoms with Crippen LogP contribution in [0.2, 0.25) is 16.8 Å². The molecule has 0 saturated carbocycles. The summed E-state index contributed by atoms with van der Waals surface area (Å²) in [6, 6.07) is 22.6. The summed E-state index contributed by atoms with van der Waals surface area (Å²) in [6.07, 6.45) is 3.53. The first-order chi connectivity index (χ1) is 11.5. The second kappa shape index (κ2) is 7.01. The van der Waals surface area contributed by atoms with Crippen molar-refractivity contribution in [2.75, 3.05) is 0 Å². The first-order valence-electron chi connectivity index (χ1n) is 9.31. The van der Waals surface area contributed by atoms with Crippen LogP contribution in [0, 0.1) is 0 Å². The van der Waals surface area contributed by atoms with E-state index in [-0.39, 0.29) is 5.60 Å². The molecule has 3 rings (SSSR count). The molecule has 1 heterocycles. The van der Waals surface area contributed by atoms with Gasteiger partial charge in [0.15, 0.2) is 0 Å². The molecule has 2 aromatic carbocycles. The van der Waals surface area contributed by atoms with Crippen LogP contribution in [-0.4, -0.2) is 28.5 Å². The van der Waals surface area contributed by atoms with Crippen LogP contribution in [0.1, 0.15) is 33.1 Å². The van der Waals surface area contributed by atoms with Gasteiger partial charge in [0.2, 0.25) is 0 Å². The van der Waals surface area contributed by atoms with Crippen molar-refractivity contribution >= 4 is 31.7 Å². The van der Waals surface area contributed by atoms with Crippen LogP contribution in [0.4, 0.5) is 0 Å². The van der Waals surface area contributed by atoms with Gasteiger partial charge in [-0.15, -0.1) is 0 Å². The standard InChI is InChI=1S/C21H30Ge2O/c1-5-21(6-2)17-18-22(3,4)23(24-21,19-13-9-7-10-14-19)20-15-11-8-12-16-20/h7-16H,5-6,17-18H2,1-4H3. The number of rotatable bonds is 4. The molecule has 0 radical (unpaired) electrons. The van der Waals surface area contributed by atoms with Gasteiger partial charge in [0, 0.05) is 0 Å². The third-order valence-corrected chi connectivity index (χ3v) is 50.6. The van der Waals surface area contributed by atoms with Crippen LogP contribution in [0.5, 0.6) is 0 Å². The fraction of sp³-hybridized carbons (Fsp3) is 0.429. The van der Waals surface area contributed by atoms with E-state index in [0.717, 1.165) is 12.8 Å². The summed E-state index contributed by atoms with van der Waals surface area (Å²) in [5.74, 6) is 5.27. The Morgan fingerprint density at radius 2 is 1.29 bits per heavy atom. The molecule has 128 valence electrons. The second-order valence-corrected chi connectivity index (χ2v) is 44.9. The van der Waals surface area contributed by atoms with E-state index in [2.05, 4.69) is 86.0 Å². The molecule has 1 aliphatic heterocycles. The van der Waals surface area contributed by atoms with Crippen molar-refractivity contribution in [1.29, 1.82) is 0 Å². The predicted molar refractivity (Wildman–Crippen MR) is 109 cm³/mol. The zero-order valence-electron chi connectivity index (χ0n) is 15.5. The van der Waals surface area contributed by atoms with Crippen molar-refractivity contribution in [3.05, 3.63) is 60.7 Å². The summed E-state index contributed by atoms with van der Waals surface area (Å²) in [7, 11) is 0. The summed E-state index contributed by atoms with van der Waals surface area (Å²) < 4.78 is 10.5. The van der Waals surface area contributed by atoms with E-state index in [1.807, 2.05) is 0 Å². The zero-order chi connectivity index (χ0) is 17.3. The Labute approximate surface area is 151 Å². The van der Waals surface area contributed by atoms with Gasteiger partial charge in [0.1, 0.15) is 0 Å². The topological polar surface area (TPSA) is 9.23 Å². The van der Waals surface area contributed by atoms with E-state index >= 15 is 0 Å². The second-order valence-electron chi connectivity index (χ2n) is 7.79. The van der Waals surface area contributed by atoms with Gasteiger partial charge in [-0.05, 0) is 0 Å². The summed E-state index contributed by atoms with van der Waals surface area (Å²) in [4.78, 5) is 0. The SMILES string of the molecule is CCC1(CC)C[CH2][Ge]([CH3])([CH3])[Ge]([c]2ccccc2)([c]2ccccc2)[O]1. The van der Waals surface area contributed by atoms with Gasteiger partial charge < -0.3 is 0 Å². The molecular formula is C21H30Ge2O. The monoisotopic (exact) mass is 446 g/mol. The van der Waals surface area contributed by atoms with E-state index in [1.165, 1.54) is 11.7 Å². The molecule has 1 saturated heterocycles. The van der Waals surface area contributed by atoms with E-state index in [4.69, 9.17) is 3.76 Å². The minimum absolute atomic E-state index is 0.0897. The van der Waals surface area contributed by atoms with Crippen molar-refractivity contribution in [2.45, 2.75) is 55.5 Å². The van der Waals surface area contributed by atoms with Gasteiger partial charge in [-0.1, -0.05) is 0 Å². The maximum atomic E-state index is 7.42. The minimum atomic E-state index is -2.83. The fourth-order valence-electron chi connectivity index (χ4n) is 4.39. The molecule has 0 amide bonds. The Balaban J connectivity index is 2.26. The van der Waals surface area contributed by atoms with Crippen LogP contribution in [-0.2, 0) is 3.76 Å². The van der Waals surface area contributed by atoms with E-state index in [9.17, 15) is 0 Å². The molecule has 1 aliphatic rings. The van der Waals surface area contributed by atoms with Crippen molar-refractivity contribution in [3.8, 4) is 0 Å². The Kier molecular flexibility index (Phi) is 5.34. The van der Waals surface area contributed by atoms with Gasteiger partial charge in [0.05, 0.1) is 0 Å². The van der Waals surface area contributed by atoms with Crippen LogP contribution in [0.3, 0.4) is 0 Å². The summed E-state index contributed by atoms with van der Waals surface area (Å²) >= 11 is -4.94. The molecule has 1 nitrogen and oxygen atoms in total. The van der Waals surface area contributed by atoms with Crippen molar-refractivity contribution < 1.29 is 3.76 Å². The van der Waals surface area contributed by atoms with E-state index in [0.29, 0.717) is 0 Å². The molecule has 0 unspecified atom stereocenters. The van der Waals surface area contributed by atoms with Gasteiger partial charge >= 0.3 is 152 Å². The van der Waals surface area contributed by atoms with E-state index < -0.39 is 22.9 Å². The Bertz CT molecular complexity index is 623. The molecule has 24 heavy (non-hydrogen) atoms. The maximum absolute atomic E-state index is 7.42. The van der Waals surface area contributed by atoms with Gasteiger partial charge in [-0.3, -0.25) is 0 Å². The predicted octanol–water partition coefficient (Wildman–Crippen LogP) is 4.51. The number of benzene rings is 2. The summed E-state index contributed by atoms with van der Waals surface area (Å²) in [5.41, 5.74) is 0.0897.